The second-order valence-corrected chi connectivity index (χ2v) is 10.4. The smallest absolute Gasteiger partial charge is 0.307 e. The van der Waals surface area contributed by atoms with Gasteiger partial charge in [0.05, 0.1) is 33.4 Å². The summed E-state index contributed by atoms with van der Waals surface area (Å²) in [7, 11) is 1.74. The molecule has 5 rings (SSSR count). The van der Waals surface area contributed by atoms with Gasteiger partial charge in [-0.3, -0.25) is 9.69 Å². The summed E-state index contributed by atoms with van der Waals surface area (Å²) in [5.41, 5.74) is 2.77. The molecule has 6 heteroatoms. The van der Waals surface area contributed by atoms with Crippen molar-refractivity contribution >= 4 is 5.97 Å². The van der Waals surface area contributed by atoms with E-state index in [1.807, 2.05) is 6.92 Å². The molecule has 182 valence electrons. The number of rotatable bonds is 6. The summed E-state index contributed by atoms with van der Waals surface area (Å²) in [6, 6.07) is 6.76. The molecular weight excluding hydrogens is 418 g/mol. The number of esters is 1. The quantitative estimate of drug-likeness (QED) is 0.594. The van der Waals surface area contributed by atoms with E-state index in [1.54, 1.807) is 7.11 Å². The molecule has 1 spiro atoms. The lowest BCUT2D eigenvalue weighted by Crippen LogP contribution is -2.46. The van der Waals surface area contributed by atoms with E-state index >= 15 is 0 Å². The van der Waals surface area contributed by atoms with Crippen molar-refractivity contribution in [2.24, 2.45) is 11.8 Å². The third-order valence-electron chi connectivity index (χ3n) is 8.19. The van der Waals surface area contributed by atoms with E-state index in [1.165, 1.54) is 24.0 Å². The van der Waals surface area contributed by atoms with Crippen LogP contribution in [0.2, 0.25) is 0 Å². The molecule has 2 aliphatic heterocycles. The van der Waals surface area contributed by atoms with Crippen LogP contribution in [0.3, 0.4) is 0 Å². The minimum absolute atomic E-state index is 0.0702. The van der Waals surface area contributed by atoms with Crippen LogP contribution in [0.1, 0.15) is 68.9 Å². The van der Waals surface area contributed by atoms with Gasteiger partial charge >= 0.3 is 5.97 Å². The molecule has 2 bridgehead atoms. The molecule has 1 unspecified atom stereocenters. The van der Waals surface area contributed by atoms with E-state index in [4.69, 9.17) is 18.9 Å². The number of nitrogens with zero attached hydrogens (tertiary/aromatic N) is 1. The van der Waals surface area contributed by atoms with Crippen LogP contribution in [0.5, 0.6) is 5.75 Å². The van der Waals surface area contributed by atoms with Gasteiger partial charge in [0.1, 0.15) is 5.75 Å². The summed E-state index contributed by atoms with van der Waals surface area (Å²) in [6.07, 6.45) is 7.87. The molecule has 1 aromatic carbocycles. The molecule has 0 radical (unpaired) electrons. The predicted molar refractivity (Wildman–Crippen MR) is 125 cm³/mol. The maximum absolute atomic E-state index is 12.7. The van der Waals surface area contributed by atoms with Crippen molar-refractivity contribution in [3.63, 3.8) is 0 Å². The normalized spacial score (nSPS) is 29.5. The highest BCUT2D eigenvalue weighted by molar-refractivity contribution is 5.70. The molecule has 4 aliphatic rings. The van der Waals surface area contributed by atoms with Gasteiger partial charge in [-0.05, 0) is 86.6 Å². The van der Waals surface area contributed by atoms with Crippen LogP contribution in [0.15, 0.2) is 18.2 Å². The fraction of sp³-hybridized carbons (Fsp3) is 0.741. The minimum atomic E-state index is -0.499. The van der Waals surface area contributed by atoms with Gasteiger partial charge in [-0.25, -0.2) is 0 Å². The van der Waals surface area contributed by atoms with Crippen LogP contribution in [-0.2, 0) is 25.4 Å². The van der Waals surface area contributed by atoms with E-state index in [0.29, 0.717) is 38.1 Å². The molecule has 1 saturated carbocycles. The third-order valence-corrected chi connectivity index (χ3v) is 8.19. The fourth-order valence-corrected chi connectivity index (χ4v) is 6.32. The number of hydrogen-bond acceptors (Lipinski definition) is 6. The number of benzene rings is 1. The molecule has 2 fully saturated rings. The topological polar surface area (TPSA) is 57.2 Å². The maximum atomic E-state index is 12.7. The van der Waals surface area contributed by atoms with Crippen LogP contribution < -0.4 is 4.74 Å². The molecule has 6 nitrogen and oxygen atoms in total. The standard InChI is InChI=1S/C27H39NO5/c1-3-31-26(29)16-25-21-8-10-27(32-12-13-33-27)17-22(9-11-28(25)18-19-4-5-19)24-15-23(30-2)7-6-20(24)14-21/h6-7,15,19,21-22,25H,3-5,8-14,16-18H2,1-2H3/t21-,22+,25?/m0/s1. The number of carbonyl (C=O) groups is 1. The molecule has 3 atom stereocenters. The molecule has 33 heavy (non-hydrogen) atoms. The van der Waals surface area contributed by atoms with E-state index in [0.717, 1.165) is 56.9 Å². The number of ether oxygens (including phenoxy) is 4. The first-order valence-corrected chi connectivity index (χ1v) is 12.9. The van der Waals surface area contributed by atoms with Gasteiger partial charge in [-0.2, -0.15) is 0 Å². The molecule has 0 aromatic heterocycles. The van der Waals surface area contributed by atoms with Gasteiger partial charge in [0.15, 0.2) is 5.79 Å². The Balaban J connectivity index is 1.54. The second kappa shape index (κ2) is 9.93. The zero-order valence-electron chi connectivity index (χ0n) is 20.2. The Bertz CT molecular complexity index is 832. The summed E-state index contributed by atoms with van der Waals surface area (Å²) in [5, 5.41) is 0. The van der Waals surface area contributed by atoms with Gasteiger partial charge in [-0.15, -0.1) is 0 Å². The number of methoxy groups -OCH3 is 1. The molecule has 0 N–H and O–H groups in total. The van der Waals surface area contributed by atoms with Crippen LogP contribution in [0.25, 0.3) is 0 Å². The maximum Gasteiger partial charge on any atom is 0.307 e. The Labute approximate surface area is 197 Å². The molecule has 1 aromatic rings. The van der Waals surface area contributed by atoms with Crippen molar-refractivity contribution in [3.05, 3.63) is 29.3 Å². The van der Waals surface area contributed by atoms with E-state index in [9.17, 15) is 4.79 Å². The Hall–Kier alpha value is -1.63. The first-order chi connectivity index (χ1) is 16.1. The van der Waals surface area contributed by atoms with Crippen molar-refractivity contribution in [1.29, 1.82) is 0 Å². The van der Waals surface area contributed by atoms with Crippen LogP contribution in [0.4, 0.5) is 0 Å². The van der Waals surface area contributed by atoms with Gasteiger partial charge in [0, 0.05) is 25.4 Å². The lowest BCUT2D eigenvalue weighted by atomic mass is 9.84. The monoisotopic (exact) mass is 457 g/mol. The Morgan fingerprint density at radius 3 is 2.73 bits per heavy atom. The molecule has 0 amide bonds. The van der Waals surface area contributed by atoms with Crippen molar-refractivity contribution < 1.29 is 23.7 Å². The zero-order valence-corrected chi connectivity index (χ0v) is 20.2. The second-order valence-electron chi connectivity index (χ2n) is 10.4. The van der Waals surface area contributed by atoms with Gasteiger partial charge < -0.3 is 18.9 Å². The summed E-state index contributed by atoms with van der Waals surface area (Å²) in [5.74, 6) is 1.82. The molecule has 1 saturated heterocycles. The zero-order chi connectivity index (χ0) is 22.8. The largest absolute Gasteiger partial charge is 0.497 e. The number of hydrogen-bond donors (Lipinski definition) is 0. The van der Waals surface area contributed by atoms with Crippen molar-refractivity contribution in [3.8, 4) is 5.75 Å². The summed E-state index contributed by atoms with van der Waals surface area (Å²) in [6.45, 7) is 5.77. The van der Waals surface area contributed by atoms with Crippen molar-refractivity contribution in [2.75, 3.05) is 40.0 Å². The van der Waals surface area contributed by atoms with Gasteiger partial charge in [0.2, 0.25) is 0 Å². The lowest BCUT2D eigenvalue weighted by Gasteiger charge is -2.40. The fourth-order valence-electron chi connectivity index (χ4n) is 6.32. The van der Waals surface area contributed by atoms with E-state index < -0.39 is 5.79 Å². The molecule has 2 heterocycles. The molecule has 2 aliphatic carbocycles. The van der Waals surface area contributed by atoms with E-state index in [-0.39, 0.29) is 12.0 Å². The summed E-state index contributed by atoms with van der Waals surface area (Å²) >= 11 is 0. The Morgan fingerprint density at radius 1 is 1.18 bits per heavy atom. The average molecular weight is 458 g/mol. The van der Waals surface area contributed by atoms with E-state index in [2.05, 4.69) is 23.1 Å². The van der Waals surface area contributed by atoms with Crippen LogP contribution >= 0.6 is 0 Å². The first kappa shape index (κ1) is 23.1. The lowest BCUT2D eigenvalue weighted by molar-refractivity contribution is -0.175. The number of fused-ring (bicyclic) bond motifs is 1. The Kier molecular flexibility index (Phi) is 6.96. The third kappa shape index (κ3) is 5.23. The minimum Gasteiger partial charge on any atom is -0.497 e. The van der Waals surface area contributed by atoms with Crippen molar-refractivity contribution in [1.82, 2.24) is 4.90 Å². The highest BCUT2D eigenvalue weighted by atomic mass is 16.7. The SMILES string of the molecule is CCOC(=O)CC1[C@H]2CCC3(C[C@@H](CCN1CC1CC1)c1cc(OC)ccc1C2)OCCO3. The van der Waals surface area contributed by atoms with Crippen molar-refractivity contribution in [2.45, 2.75) is 76.0 Å². The predicted octanol–water partition coefficient (Wildman–Crippen LogP) is 4.30. The highest BCUT2D eigenvalue weighted by Crippen LogP contribution is 2.45. The first-order valence-electron chi connectivity index (χ1n) is 12.9. The van der Waals surface area contributed by atoms with Crippen LogP contribution in [0, 0.1) is 11.8 Å². The average Bonchev–Trinajstić information content (AvgIpc) is 3.50. The number of carbonyl (C=O) groups excluding carboxylic acids is 1. The summed E-state index contributed by atoms with van der Waals surface area (Å²) < 4.78 is 23.6. The molecular formula is C27H39NO5. The highest BCUT2D eigenvalue weighted by Gasteiger charge is 2.44. The van der Waals surface area contributed by atoms with Gasteiger partial charge in [-0.1, -0.05) is 6.07 Å². The Morgan fingerprint density at radius 2 is 2.00 bits per heavy atom. The van der Waals surface area contributed by atoms with Gasteiger partial charge in [0.25, 0.3) is 0 Å². The summed E-state index contributed by atoms with van der Waals surface area (Å²) in [4.78, 5) is 15.4. The van der Waals surface area contributed by atoms with Crippen LogP contribution in [-0.4, -0.2) is 62.7 Å².